The van der Waals surface area contributed by atoms with Crippen molar-refractivity contribution in [3.8, 4) is 0 Å². The van der Waals surface area contributed by atoms with Crippen LogP contribution in [0.1, 0.15) is 48.7 Å². The number of hydrogen-bond donors (Lipinski definition) is 1. The van der Waals surface area contributed by atoms with E-state index in [1.165, 1.54) is 24.1 Å². The van der Waals surface area contributed by atoms with Crippen molar-refractivity contribution in [2.75, 3.05) is 7.05 Å². The second-order valence-electron chi connectivity index (χ2n) is 10.3. The van der Waals surface area contributed by atoms with Gasteiger partial charge < -0.3 is 9.88 Å². The van der Waals surface area contributed by atoms with Crippen LogP contribution in [0, 0.1) is 11.2 Å². The SMILES string of the molecule is CN1[C@@H](Cc2ccccc2)[C@@H]2C[C@@]3(C)[C@H](CCC[C@@H]13)N2C(=O)c1cc2ccc(F)cc2[nH]1. The van der Waals surface area contributed by atoms with E-state index in [0.29, 0.717) is 23.3 Å². The number of carbonyl (C=O) groups excluding carboxylic acids is 1. The smallest absolute Gasteiger partial charge is 0.270 e. The molecule has 32 heavy (non-hydrogen) atoms. The molecule has 2 saturated heterocycles. The van der Waals surface area contributed by atoms with E-state index < -0.39 is 0 Å². The molecular formula is C27H30FN3O. The zero-order chi connectivity index (χ0) is 22.0. The lowest BCUT2D eigenvalue weighted by Gasteiger charge is -2.51. The number of amides is 1. The van der Waals surface area contributed by atoms with E-state index in [4.69, 9.17) is 0 Å². The molecule has 6 rings (SSSR count). The summed E-state index contributed by atoms with van der Waals surface area (Å²) in [6, 6.07) is 18.4. The maximum Gasteiger partial charge on any atom is 0.270 e. The summed E-state index contributed by atoms with van der Waals surface area (Å²) in [5, 5.41) is 0.877. The van der Waals surface area contributed by atoms with Gasteiger partial charge in [0.05, 0.1) is 0 Å². The van der Waals surface area contributed by atoms with Crippen LogP contribution in [0.15, 0.2) is 54.6 Å². The molecule has 5 heteroatoms. The standard InChI is InChI=1S/C27H30FN3O/c1-27-16-23-22(13-17-7-4-3-5-8-17)30(2)24(27)9-6-10-25(27)31(23)26(32)21-14-18-11-12-19(28)15-20(18)29-21/h3-5,7-8,11-12,14-15,22-25,29H,6,9-10,13,16H2,1-2H3/t22-,23-,24+,25-,27+/m0/s1. The highest BCUT2D eigenvalue weighted by Crippen LogP contribution is 2.56. The number of likely N-dealkylation sites (N-methyl/N-ethyl adjacent to an activating group) is 1. The number of fused-ring (bicyclic) bond motifs is 2. The number of likely N-dealkylation sites (tertiary alicyclic amines) is 2. The number of H-pyrrole nitrogens is 1. The van der Waals surface area contributed by atoms with Crippen LogP contribution >= 0.6 is 0 Å². The third-order valence-corrected chi connectivity index (χ3v) is 8.62. The van der Waals surface area contributed by atoms with Gasteiger partial charge in [-0.15, -0.1) is 0 Å². The highest BCUT2D eigenvalue weighted by molar-refractivity contribution is 5.98. The molecule has 166 valence electrons. The highest BCUT2D eigenvalue weighted by Gasteiger charge is 2.63. The van der Waals surface area contributed by atoms with Crippen LogP contribution in [-0.4, -0.2) is 51.9 Å². The largest absolute Gasteiger partial charge is 0.350 e. The quantitative estimate of drug-likeness (QED) is 0.634. The summed E-state index contributed by atoms with van der Waals surface area (Å²) in [7, 11) is 2.27. The number of aromatic amines is 1. The molecule has 2 aliphatic heterocycles. The Bertz CT molecular complexity index is 1170. The molecule has 2 aromatic carbocycles. The van der Waals surface area contributed by atoms with Crippen molar-refractivity contribution in [2.45, 2.75) is 63.2 Å². The summed E-state index contributed by atoms with van der Waals surface area (Å²) in [5.74, 6) is -0.225. The average Bonchev–Trinajstić information content (AvgIpc) is 3.34. The third-order valence-electron chi connectivity index (χ3n) is 8.62. The molecule has 0 radical (unpaired) electrons. The molecule has 0 unspecified atom stereocenters. The van der Waals surface area contributed by atoms with Crippen LogP contribution in [-0.2, 0) is 6.42 Å². The highest BCUT2D eigenvalue weighted by atomic mass is 19.1. The Morgan fingerprint density at radius 2 is 1.91 bits per heavy atom. The normalized spacial score (nSPS) is 31.9. The first kappa shape index (κ1) is 20.0. The molecule has 1 aliphatic carbocycles. The van der Waals surface area contributed by atoms with Crippen LogP contribution in [0.4, 0.5) is 4.39 Å². The van der Waals surface area contributed by atoms with Gasteiger partial charge in [0.2, 0.25) is 0 Å². The summed E-state index contributed by atoms with van der Waals surface area (Å²) >= 11 is 0. The number of carbonyl (C=O) groups is 1. The fourth-order valence-electron chi connectivity index (χ4n) is 7.17. The fraction of sp³-hybridized carbons (Fsp3) is 0.444. The Morgan fingerprint density at radius 3 is 2.72 bits per heavy atom. The van der Waals surface area contributed by atoms with Crippen LogP contribution in [0.2, 0.25) is 0 Å². The average molecular weight is 432 g/mol. The van der Waals surface area contributed by atoms with Crippen molar-refractivity contribution >= 4 is 16.8 Å². The monoisotopic (exact) mass is 431 g/mol. The molecule has 5 atom stereocenters. The molecule has 3 heterocycles. The van der Waals surface area contributed by atoms with E-state index in [9.17, 15) is 9.18 Å². The van der Waals surface area contributed by atoms with Gasteiger partial charge >= 0.3 is 0 Å². The number of nitrogens with one attached hydrogen (secondary N) is 1. The predicted molar refractivity (Wildman–Crippen MR) is 124 cm³/mol. The van der Waals surface area contributed by atoms with Gasteiger partial charge in [-0.05, 0) is 69.0 Å². The van der Waals surface area contributed by atoms with E-state index in [1.807, 2.05) is 6.07 Å². The van der Waals surface area contributed by atoms with Crippen molar-refractivity contribution in [1.82, 2.24) is 14.8 Å². The molecule has 3 aromatic rings. The molecule has 3 fully saturated rings. The Balaban J connectivity index is 1.40. The van der Waals surface area contributed by atoms with E-state index in [0.717, 1.165) is 31.1 Å². The molecule has 4 nitrogen and oxygen atoms in total. The van der Waals surface area contributed by atoms with Gasteiger partial charge in [-0.1, -0.05) is 37.3 Å². The number of benzene rings is 2. The van der Waals surface area contributed by atoms with Crippen LogP contribution in [0.25, 0.3) is 10.9 Å². The van der Waals surface area contributed by atoms with Gasteiger partial charge in [-0.3, -0.25) is 9.69 Å². The number of aromatic nitrogens is 1. The summed E-state index contributed by atoms with van der Waals surface area (Å²) in [6.45, 7) is 2.40. The lowest BCUT2D eigenvalue weighted by Crippen LogP contribution is -2.59. The molecule has 0 spiro atoms. The molecule has 2 bridgehead atoms. The molecule has 3 aliphatic rings. The van der Waals surface area contributed by atoms with E-state index in [1.54, 1.807) is 6.07 Å². The minimum absolute atomic E-state index is 0.0642. The lowest BCUT2D eigenvalue weighted by molar-refractivity contribution is -0.00397. The predicted octanol–water partition coefficient (Wildman–Crippen LogP) is 5.01. The maximum absolute atomic E-state index is 14.0. The van der Waals surface area contributed by atoms with Crippen molar-refractivity contribution in [3.63, 3.8) is 0 Å². The van der Waals surface area contributed by atoms with Gasteiger partial charge in [0.25, 0.3) is 5.91 Å². The number of halogens is 1. The Kier molecular flexibility index (Phi) is 4.48. The topological polar surface area (TPSA) is 39.3 Å². The second-order valence-corrected chi connectivity index (χ2v) is 10.3. The number of hydrogen-bond acceptors (Lipinski definition) is 2. The second kappa shape index (κ2) is 7.17. The van der Waals surface area contributed by atoms with Gasteiger partial charge in [0, 0.05) is 40.5 Å². The zero-order valence-corrected chi connectivity index (χ0v) is 18.7. The summed E-state index contributed by atoms with van der Waals surface area (Å²) in [6.07, 6.45) is 5.43. The molecular weight excluding hydrogens is 401 g/mol. The van der Waals surface area contributed by atoms with Gasteiger partial charge in [0.1, 0.15) is 11.5 Å². The first-order chi connectivity index (χ1) is 15.5. The number of rotatable bonds is 3. The van der Waals surface area contributed by atoms with E-state index in [2.05, 4.69) is 59.1 Å². The van der Waals surface area contributed by atoms with Crippen LogP contribution in [0.3, 0.4) is 0 Å². The van der Waals surface area contributed by atoms with Crippen molar-refractivity contribution in [2.24, 2.45) is 5.41 Å². The Morgan fingerprint density at radius 1 is 1.12 bits per heavy atom. The molecule has 1 amide bonds. The van der Waals surface area contributed by atoms with Crippen LogP contribution < -0.4 is 0 Å². The Labute approximate surface area is 188 Å². The van der Waals surface area contributed by atoms with Gasteiger partial charge in [-0.25, -0.2) is 4.39 Å². The van der Waals surface area contributed by atoms with Crippen molar-refractivity contribution in [3.05, 3.63) is 71.7 Å². The summed E-state index contributed by atoms with van der Waals surface area (Å²) < 4.78 is 13.7. The molecule has 1 aromatic heterocycles. The van der Waals surface area contributed by atoms with Crippen LogP contribution in [0.5, 0.6) is 0 Å². The minimum Gasteiger partial charge on any atom is -0.350 e. The van der Waals surface area contributed by atoms with E-state index in [-0.39, 0.29) is 29.2 Å². The summed E-state index contributed by atoms with van der Waals surface area (Å²) in [4.78, 5) is 22.0. The maximum atomic E-state index is 14.0. The van der Waals surface area contributed by atoms with Gasteiger partial charge in [0.15, 0.2) is 0 Å². The zero-order valence-electron chi connectivity index (χ0n) is 18.7. The van der Waals surface area contributed by atoms with Gasteiger partial charge in [-0.2, -0.15) is 0 Å². The number of nitrogens with zero attached hydrogens (tertiary/aromatic N) is 2. The van der Waals surface area contributed by atoms with Crippen molar-refractivity contribution < 1.29 is 9.18 Å². The first-order valence-electron chi connectivity index (χ1n) is 11.8. The fourth-order valence-corrected chi connectivity index (χ4v) is 7.17. The molecule has 1 saturated carbocycles. The van der Waals surface area contributed by atoms with Crippen molar-refractivity contribution in [1.29, 1.82) is 0 Å². The molecule has 1 N–H and O–H groups in total. The third kappa shape index (κ3) is 2.87. The summed E-state index contributed by atoms with van der Waals surface area (Å²) in [5.41, 5.74) is 2.70. The Hall–Kier alpha value is -2.66. The first-order valence-corrected chi connectivity index (χ1v) is 11.8. The lowest BCUT2D eigenvalue weighted by atomic mass is 9.64. The van der Waals surface area contributed by atoms with E-state index >= 15 is 0 Å². The minimum atomic E-state index is -0.289. The number of piperidine rings is 1.